The van der Waals surface area contributed by atoms with Gasteiger partial charge in [0.05, 0.1) is 11.7 Å². The summed E-state index contributed by atoms with van der Waals surface area (Å²) in [6.07, 6.45) is 4.66. The van der Waals surface area contributed by atoms with Crippen molar-refractivity contribution in [2.24, 2.45) is 0 Å². The second kappa shape index (κ2) is 9.97. The highest BCUT2D eigenvalue weighted by Crippen LogP contribution is 2.27. The topological polar surface area (TPSA) is 98.8 Å². The second-order valence-electron chi connectivity index (χ2n) is 6.62. The van der Waals surface area contributed by atoms with Crippen LogP contribution >= 0.6 is 11.8 Å². The van der Waals surface area contributed by atoms with Crippen LogP contribution in [0.2, 0.25) is 0 Å². The van der Waals surface area contributed by atoms with E-state index in [9.17, 15) is 18.0 Å². The summed E-state index contributed by atoms with van der Waals surface area (Å²) in [7, 11) is -3.82. The molecule has 1 aromatic carbocycles. The lowest BCUT2D eigenvalue weighted by atomic mass is 9.99. The molecular formula is C19H25NO6S2. The number of rotatable bonds is 7. The molecule has 0 saturated carbocycles. The molecule has 1 unspecified atom stereocenters. The van der Waals surface area contributed by atoms with Gasteiger partial charge in [-0.05, 0) is 68.8 Å². The molecule has 0 amide bonds. The third kappa shape index (κ3) is 6.27. The van der Waals surface area contributed by atoms with Gasteiger partial charge in [0.1, 0.15) is 11.9 Å². The van der Waals surface area contributed by atoms with Crippen molar-refractivity contribution >= 4 is 38.7 Å². The Morgan fingerprint density at radius 2 is 1.93 bits per heavy atom. The van der Waals surface area contributed by atoms with Gasteiger partial charge in [-0.3, -0.25) is 4.72 Å². The highest BCUT2D eigenvalue weighted by molar-refractivity contribution is 8.12. The monoisotopic (exact) mass is 427 g/mol. The van der Waals surface area contributed by atoms with Gasteiger partial charge < -0.3 is 9.47 Å². The van der Waals surface area contributed by atoms with Gasteiger partial charge in [0.25, 0.3) is 0 Å². The lowest BCUT2D eigenvalue weighted by Crippen LogP contribution is -2.35. The number of sulfonamides is 1. The van der Waals surface area contributed by atoms with Gasteiger partial charge in [-0.15, -0.1) is 0 Å². The fourth-order valence-corrected chi connectivity index (χ4v) is 4.56. The number of benzene rings is 1. The molecule has 1 aliphatic carbocycles. The van der Waals surface area contributed by atoms with Gasteiger partial charge in [0, 0.05) is 5.69 Å². The van der Waals surface area contributed by atoms with E-state index in [0.29, 0.717) is 24.9 Å². The van der Waals surface area contributed by atoms with Crippen molar-refractivity contribution in [2.45, 2.75) is 51.1 Å². The standard InChI is InChI=1S/C19H25NO6S2/c1-13(2)26-18(21)16-6-4-5-7-17(16)28(23,24)20-15-10-8-14(9-11-15)12-25-19(22)27-3/h6,8-11,13,17,20H,4-5,7,12H2,1-3H3. The fraction of sp³-hybridized carbons (Fsp3) is 0.474. The van der Waals surface area contributed by atoms with Crippen LogP contribution in [0.3, 0.4) is 0 Å². The van der Waals surface area contributed by atoms with Crippen molar-refractivity contribution in [2.75, 3.05) is 11.0 Å². The molecule has 1 N–H and O–H groups in total. The minimum absolute atomic E-state index is 0.114. The predicted octanol–water partition coefficient (Wildman–Crippen LogP) is 3.86. The number of ether oxygens (including phenoxy) is 2. The quantitative estimate of drug-likeness (QED) is 0.660. The van der Waals surface area contributed by atoms with Crippen LogP contribution in [0.15, 0.2) is 35.9 Å². The van der Waals surface area contributed by atoms with Crippen LogP contribution in [0, 0.1) is 0 Å². The number of allylic oxidation sites excluding steroid dienone is 1. The molecule has 0 radical (unpaired) electrons. The van der Waals surface area contributed by atoms with Gasteiger partial charge in [-0.1, -0.05) is 18.2 Å². The van der Waals surface area contributed by atoms with E-state index in [4.69, 9.17) is 9.47 Å². The van der Waals surface area contributed by atoms with Crippen LogP contribution in [0.25, 0.3) is 0 Å². The third-order valence-corrected chi connectivity index (χ3v) is 6.28. The zero-order chi connectivity index (χ0) is 20.7. The molecule has 0 aliphatic heterocycles. The van der Waals surface area contributed by atoms with Crippen LogP contribution in [0.4, 0.5) is 10.5 Å². The van der Waals surface area contributed by atoms with E-state index >= 15 is 0 Å². The maximum Gasteiger partial charge on any atom is 0.367 e. The summed E-state index contributed by atoms with van der Waals surface area (Å²) < 4.78 is 38.5. The third-order valence-electron chi connectivity index (χ3n) is 4.07. The Hall–Kier alpha value is -2.00. The first-order valence-electron chi connectivity index (χ1n) is 8.95. The molecule has 154 valence electrons. The van der Waals surface area contributed by atoms with E-state index in [1.165, 1.54) is 0 Å². The van der Waals surface area contributed by atoms with Gasteiger partial charge in [0.15, 0.2) is 0 Å². The summed E-state index contributed by atoms with van der Waals surface area (Å²) >= 11 is 0.981. The predicted molar refractivity (Wildman–Crippen MR) is 110 cm³/mol. The van der Waals surface area contributed by atoms with Gasteiger partial charge in [-0.2, -0.15) is 0 Å². The number of thioether (sulfide) groups is 1. The number of anilines is 1. The average molecular weight is 428 g/mol. The number of hydrogen-bond acceptors (Lipinski definition) is 7. The van der Waals surface area contributed by atoms with Crippen molar-refractivity contribution in [3.63, 3.8) is 0 Å². The maximum atomic E-state index is 12.9. The molecule has 0 fully saturated rings. The number of nitrogens with one attached hydrogen (secondary N) is 1. The zero-order valence-corrected chi connectivity index (χ0v) is 17.8. The number of hydrogen-bond donors (Lipinski definition) is 1. The van der Waals surface area contributed by atoms with Crippen LogP contribution in [0.5, 0.6) is 0 Å². The van der Waals surface area contributed by atoms with E-state index in [-0.39, 0.29) is 23.6 Å². The Morgan fingerprint density at radius 1 is 1.25 bits per heavy atom. The molecule has 2 rings (SSSR count). The minimum atomic E-state index is -3.82. The zero-order valence-electron chi connectivity index (χ0n) is 16.1. The molecule has 1 aliphatic rings. The summed E-state index contributed by atoms with van der Waals surface area (Å²) in [5.41, 5.74) is 1.30. The summed E-state index contributed by atoms with van der Waals surface area (Å²) in [5.74, 6) is -0.587. The van der Waals surface area contributed by atoms with E-state index in [2.05, 4.69) is 4.72 Å². The van der Waals surface area contributed by atoms with Crippen LogP contribution in [-0.2, 0) is 30.9 Å². The highest BCUT2D eigenvalue weighted by atomic mass is 32.2. The van der Waals surface area contributed by atoms with Gasteiger partial charge in [0.2, 0.25) is 10.0 Å². The Balaban J connectivity index is 2.09. The summed E-state index contributed by atoms with van der Waals surface area (Å²) in [5, 5.41) is -1.33. The Morgan fingerprint density at radius 3 is 2.54 bits per heavy atom. The molecule has 1 atom stereocenters. The molecule has 0 spiro atoms. The summed E-state index contributed by atoms with van der Waals surface area (Å²) in [4.78, 5) is 23.5. The average Bonchev–Trinajstić information content (AvgIpc) is 2.66. The number of carbonyl (C=O) groups is 2. The molecule has 9 heteroatoms. The summed E-state index contributed by atoms with van der Waals surface area (Å²) in [6, 6.07) is 6.54. The highest BCUT2D eigenvalue weighted by Gasteiger charge is 2.35. The summed E-state index contributed by atoms with van der Waals surface area (Å²) in [6.45, 7) is 3.56. The van der Waals surface area contributed by atoms with E-state index in [0.717, 1.165) is 17.3 Å². The largest absolute Gasteiger partial charge is 0.460 e. The van der Waals surface area contributed by atoms with E-state index in [1.54, 1.807) is 50.4 Å². The van der Waals surface area contributed by atoms with Crippen molar-refractivity contribution in [3.05, 3.63) is 41.5 Å². The Bertz CT molecular complexity index is 830. The lowest BCUT2D eigenvalue weighted by Gasteiger charge is -2.24. The molecule has 28 heavy (non-hydrogen) atoms. The first-order valence-corrected chi connectivity index (χ1v) is 11.7. The second-order valence-corrected chi connectivity index (χ2v) is 9.22. The molecule has 0 saturated heterocycles. The van der Waals surface area contributed by atoms with Crippen LogP contribution in [-0.4, -0.2) is 37.3 Å². The maximum absolute atomic E-state index is 12.9. The number of esters is 1. The smallest absolute Gasteiger partial charge is 0.367 e. The SMILES string of the molecule is CSC(=O)OCc1ccc(NS(=O)(=O)C2CCCC=C2C(=O)OC(C)C)cc1. The molecule has 0 heterocycles. The van der Waals surface area contributed by atoms with Crippen molar-refractivity contribution in [1.82, 2.24) is 0 Å². The normalized spacial score (nSPS) is 17.0. The number of carbonyl (C=O) groups excluding carboxylic acids is 2. The van der Waals surface area contributed by atoms with Crippen molar-refractivity contribution in [3.8, 4) is 0 Å². The first-order chi connectivity index (χ1) is 13.2. The van der Waals surface area contributed by atoms with Crippen LogP contribution < -0.4 is 4.72 Å². The van der Waals surface area contributed by atoms with E-state index in [1.807, 2.05) is 0 Å². The van der Waals surface area contributed by atoms with Crippen LogP contribution in [0.1, 0.15) is 38.7 Å². The van der Waals surface area contributed by atoms with Crippen molar-refractivity contribution in [1.29, 1.82) is 0 Å². The van der Waals surface area contributed by atoms with E-state index < -0.39 is 21.2 Å². The molecule has 0 aromatic heterocycles. The lowest BCUT2D eigenvalue weighted by molar-refractivity contribution is -0.142. The Labute approximate surface area is 169 Å². The minimum Gasteiger partial charge on any atom is -0.460 e. The molecular weight excluding hydrogens is 402 g/mol. The first kappa shape index (κ1) is 22.3. The molecule has 1 aromatic rings. The van der Waals surface area contributed by atoms with Gasteiger partial charge in [-0.25, -0.2) is 18.0 Å². The fourth-order valence-electron chi connectivity index (χ4n) is 2.77. The van der Waals surface area contributed by atoms with Crippen molar-refractivity contribution < 1.29 is 27.5 Å². The van der Waals surface area contributed by atoms with Gasteiger partial charge >= 0.3 is 11.3 Å². The molecule has 0 bridgehead atoms. The Kier molecular flexibility index (Phi) is 7.94. The molecule has 7 nitrogen and oxygen atoms in total.